The Morgan fingerprint density at radius 1 is 1.52 bits per heavy atom. The summed E-state index contributed by atoms with van der Waals surface area (Å²) in [6, 6.07) is -0.352. The fourth-order valence-electron chi connectivity index (χ4n) is 2.64. The zero-order valence-corrected chi connectivity index (χ0v) is 13.4. The van der Waals surface area contributed by atoms with Crippen LogP contribution in [-0.4, -0.2) is 35.6 Å². The van der Waals surface area contributed by atoms with Gasteiger partial charge in [0, 0.05) is 6.54 Å². The summed E-state index contributed by atoms with van der Waals surface area (Å²) in [6.07, 6.45) is 2.34. The number of nitrogens with zero attached hydrogens (tertiary/aromatic N) is 3. The molecule has 1 aliphatic heterocycles. The predicted molar refractivity (Wildman–Crippen MR) is 82.4 cm³/mol. The van der Waals surface area contributed by atoms with Crippen molar-refractivity contribution >= 4 is 29.1 Å². The summed E-state index contributed by atoms with van der Waals surface area (Å²) in [4.78, 5) is 22.2. The van der Waals surface area contributed by atoms with Gasteiger partial charge in [-0.1, -0.05) is 13.8 Å². The highest BCUT2D eigenvalue weighted by Gasteiger charge is 2.34. The Balaban J connectivity index is 2.38. The van der Waals surface area contributed by atoms with Crippen molar-refractivity contribution in [3.8, 4) is 0 Å². The SMILES string of the molecule is COC(=O)C1CCCN1c1nc(Cl)nc(CC(C)C)c1N. The molecule has 1 aliphatic rings. The van der Waals surface area contributed by atoms with Crippen molar-refractivity contribution < 1.29 is 9.53 Å². The molecule has 7 heteroatoms. The maximum Gasteiger partial charge on any atom is 0.328 e. The van der Waals surface area contributed by atoms with E-state index in [1.807, 2.05) is 4.90 Å². The number of hydrogen-bond donors (Lipinski definition) is 1. The number of hydrogen-bond acceptors (Lipinski definition) is 6. The van der Waals surface area contributed by atoms with Crippen LogP contribution in [0.3, 0.4) is 0 Å². The Morgan fingerprint density at radius 3 is 2.86 bits per heavy atom. The van der Waals surface area contributed by atoms with Crippen molar-refractivity contribution in [2.45, 2.75) is 39.2 Å². The Morgan fingerprint density at radius 2 is 2.24 bits per heavy atom. The lowest BCUT2D eigenvalue weighted by Crippen LogP contribution is -2.38. The molecule has 1 unspecified atom stereocenters. The quantitative estimate of drug-likeness (QED) is 0.677. The molecule has 2 rings (SSSR count). The number of esters is 1. The lowest BCUT2D eigenvalue weighted by atomic mass is 10.1. The topological polar surface area (TPSA) is 81.3 Å². The van der Waals surface area contributed by atoms with Crippen LogP contribution in [-0.2, 0) is 16.0 Å². The van der Waals surface area contributed by atoms with Crippen LogP contribution in [0.1, 0.15) is 32.4 Å². The van der Waals surface area contributed by atoms with Gasteiger partial charge >= 0.3 is 5.97 Å². The fraction of sp³-hybridized carbons (Fsp3) is 0.643. The van der Waals surface area contributed by atoms with Gasteiger partial charge in [-0.05, 0) is 36.8 Å². The highest BCUT2D eigenvalue weighted by Crippen LogP contribution is 2.32. The van der Waals surface area contributed by atoms with Gasteiger partial charge in [0.2, 0.25) is 5.28 Å². The zero-order valence-electron chi connectivity index (χ0n) is 12.6. The first kappa shape index (κ1) is 15.8. The Bertz CT molecular complexity index is 536. The van der Waals surface area contributed by atoms with E-state index < -0.39 is 0 Å². The molecule has 1 aromatic rings. The molecule has 21 heavy (non-hydrogen) atoms. The van der Waals surface area contributed by atoms with Gasteiger partial charge in [0.1, 0.15) is 6.04 Å². The van der Waals surface area contributed by atoms with E-state index in [0.717, 1.165) is 25.0 Å². The van der Waals surface area contributed by atoms with E-state index in [1.54, 1.807) is 0 Å². The van der Waals surface area contributed by atoms with Crippen molar-refractivity contribution in [2.75, 3.05) is 24.3 Å². The second kappa shape index (κ2) is 6.47. The lowest BCUT2D eigenvalue weighted by Gasteiger charge is -2.25. The van der Waals surface area contributed by atoms with Gasteiger partial charge in [-0.3, -0.25) is 0 Å². The highest BCUT2D eigenvalue weighted by atomic mass is 35.5. The number of nitrogen functional groups attached to an aromatic ring is 1. The number of nitrogens with two attached hydrogens (primary N) is 1. The minimum atomic E-state index is -0.352. The van der Waals surface area contributed by atoms with Gasteiger partial charge in [-0.2, -0.15) is 4.98 Å². The Hall–Kier alpha value is -1.56. The monoisotopic (exact) mass is 312 g/mol. The van der Waals surface area contributed by atoms with Crippen LogP contribution >= 0.6 is 11.6 Å². The molecule has 0 bridgehead atoms. The van der Waals surface area contributed by atoms with Crippen LogP contribution in [0, 0.1) is 5.92 Å². The number of carbonyl (C=O) groups excluding carboxylic acids is 1. The maximum absolute atomic E-state index is 11.9. The molecule has 0 saturated carbocycles. The smallest absolute Gasteiger partial charge is 0.328 e. The van der Waals surface area contributed by atoms with E-state index in [1.165, 1.54) is 7.11 Å². The van der Waals surface area contributed by atoms with Crippen molar-refractivity contribution in [2.24, 2.45) is 5.92 Å². The van der Waals surface area contributed by atoms with E-state index in [9.17, 15) is 4.79 Å². The first-order valence-corrected chi connectivity index (χ1v) is 7.48. The summed E-state index contributed by atoms with van der Waals surface area (Å²) in [5.41, 5.74) is 7.44. The molecule has 0 amide bonds. The summed E-state index contributed by atoms with van der Waals surface area (Å²) >= 11 is 6.02. The number of methoxy groups -OCH3 is 1. The number of aromatic nitrogens is 2. The summed E-state index contributed by atoms with van der Waals surface area (Å²) in [7, 11) is 1.39. The van der Waals surface area contributed by atoms with Gasteiger partial charge in [0.05, 0.1) is 18.5 Å². The van der Waals surface area contributed by atoms with Crippen molar-refractivity contribution in [3.63, 3.8) is 0 Å². The minimum Gasteiger partial charge on any atom is -0.467 e. The molecular formula is C14H21ClN4O2. The van der Waals surface area contributed by atoms with E-state index in [0.29, 0.717) is 24.0 Å². The van der Waals surface area contributed by atoms with Crippen LogP contribution in [0.5, 0.6) is 0 Å². The van der Waals surface area contributed by atoms with E-state index in [4.69, 9.17) is 22.1 Å². The second-order valence-electron chi connectivity index (χ2n) is 5.65. The normalized spacial score (nSPS) is 18.3. The predicted octanol–water partition coefficient (Wildman–Crippen LogP) is 2.05. The number of carbonyl (C=O) groups is 1. The largest absolute Gasteiger partial charge is 0.467 e. The molecule has 0 radical (unpaired) electrons. The Labute approximate surface area is 129 Å². The Kier molecular flexibility index (Phi) is 4.88. The van der Waals surface area contributed by atoms with Crippen molar-refractivity contribution in [1.29, 1.82) is 0 Å². The molecule has 1 fully saturated rings. The standard InChI is InChI=1S/C14H21ClN4O2/c1-8(2)7-9-11(16)12(18-14(15)17-9)19-6-4-5-10(19)13(20)21-3/h8,10H,4-7,16H2,1-3H3. The summed E-state index contributed by atoms with van der Waals surface area (Å²) in [5, 5.41) is 0.158. The maximum atomic E-state index is 11.9. The molecule has 6 nitrogen and oxygen atoms in total. The zero-order chi connectivity index (χ0) is 15.6. The van der Waals surface area contributed by atoms with E-state index in [-0.39, 0.29) is 17.3 Å². The molecular weight excluding hydrogens is 292 g/mol. The summed E-state index contributed by atoms with van der Waals surface area (Å²) in [6.45, 7) is 4.88. The molecule has 2 heterocycles. The van der Waals surface area contributed by atoms with Crippen LogP contribution in [0.15, 0.2) is 0 Å². The first-order chi connectivity index (χ1) is 9.93. The molecule has 1 saturated heterocycles. The molecule has 116 valence electrons. The van der Waals surface area contributed by atoms with Gasteiger partial charge in [-0.15, -0.1) is 0 Å². The third-order valence-corrected chi connectivity index (χ3v) is 3.75. The number of anilines is 2. The molecule has 2 N–H and O–H groups in total. The number of ether oxygens (including phenoxy) is 1. The van der Waals surface area contributed by atoms with Crippen molar-refractivity contribution in [3.05, 3.63) is 11.0 Å². The second-order valence-corrected chi connectivity index (χ2v) is 5.99. The number of rotatable bonds is 4. The van der Waals surface area contributed by atoms with Gasteiger partial charge < -0.3 is 15.4 Å². The highest BCUT2D eigenvalue weighted by molar-refractivity contribution is 6.28. The average Bonchev–Trinajstić information content (AvgIpc) is 2.90. The van der Waals surface area contributed by atoms with Crippen LogP contribution in [0.25, 0.3) is 0 Å². The number of halogens is 1. The van der Waals surface area contributed by atoms with Crippen molar-refractivity contribution in [1.82, 2.24) is 9.97 Å². The molecule has 1 aromatic heterocycles. The summed E-state index contributed by atoms with van der Waals surface area (Å²) in [5.74, 6) is 0.673. The van der Waals surface area contributed by atoms with Gasteiger partial charge in [-0.25, -0.2) is 9.78 Å². The van der Waals surface area contributed by atoms with Crippen LogP contribution in [0.2, 0.25) is 5.28 Å². The molecule has 1 atom stereocenters. The van der Waals surface area contributed by atoms with E-state index in [2.05, 4.69) is 23.8 Å². The molecule has 0 aliphatic carbocycles. The van der Waals surface area contributed by atoms with Crippen LogP contribution < -0.4 is 10.6 Å². The van der Waals surface area contributed by atoms with Crippen LogP contribution in [0.4, 0.5) is 11.5 Å². The fourth-order valence-corrected chi connectivity index (χ4v) is 2.82. The first-order valence-electron chi connectivity index (χ1n) is 7.10. The molecule has 0 spiro atoms. The summed E-state index contributed by atoms with van der Waals surface area (Å²) < 4.78 is 4.85. The minimum absolute atomic E-state index is 0.158. The van der Waals surface area contributed by atoms with E-state index >= 15 is 0 Å². The third-order valence-electron chi connectivity index (χ3n) is 3.58. The lowest BCUT2D eigenvalue weighted by molar-refractivity contribution is -0.141. The average molecular weight is 313 g/mol. The van der Waals surface area contributed by atoms with Gasteiger partial charge in [0.25, 0.3) is 0 Å². The third kappa shape index (κ3) is 3.37. The van der Waals surface area contributed by atoms with Gasteiger partial charge in [0.15, 0.2) is 5.82 Å². The molecule has 0 aromatic carbocycles.